The third-order valence-electron chi connectivity index (χ3n) is 3.94. The smallest absolute Gasteiger partial charge is 0.416 e. The summed E-state index contributed by atoms with van der Waals surface area (Å²) in [5.74, 6) is 0.587. The Hall–Kier alpha value is -1.98. The minimum Gasteiger partial charge on any atom is -0.486 e. The van der Waals surface area contributed by atoms with Crippen LogP contribution in [0.3, 0.4) is 0 Å². The lowest BCUT2D eigenvalue weighted by Gasteiger charge is -2.10. The first kappa shape index (κ1) is 14.9. The van der Waals surface area contributed by atoms with E-state index >= 15 is 0 Å². The van der Waals surface area contributed by atoms with Crippen LogP contribution in [-0.2, 0) is 12.8 Å². The second-order valence-corrected chi connectivity index (χ2v) is 5.58. The van der Waals surface area contributed by atoms with Crippen LogP contribution in [0.2, 0.25) is 0 Å². The Bertz CT molecular complexity index is 630. The quantitative estimate of drug-likeness (QED) is 0.825. The van der Waals surface area contributed by atoms with Crippen LogP contribution in [0.15, 0.2) is 36.7 Å². The predicted octanol–water partition coefficient (Wildman–Crippen LogP) is 4.60. The van der Waals surface area contributed by atoms with Crippen molar-refractivity contribution in [2.45, 2.75) is 44.5 Å². The van der Waals surface area contributed by atoms with Gasteiger partial charge in [0.05, 0.1) is 24.0 Å². The number of aromatic nitrogens is 2. The van der Waals surface area contributed by atoms with Gasteiger partial charge in [-0.3, -0.25) is 4.68 Å². The first-order valence-corrected chi connectivity index (χ1v) is 7.35. The fourth-order valence-corrected chi connectivity index (χ4v) is 2.77. The number of alkyl halides is 3. The van der Waals surface area contributed by atoms with E-state index < -0.39 is 11.7 Å². The van der Waals surface area contributed by atoms with E-state index in [1.165, 1.54) is 18.9 Å². The van der Waals surface area contributed by atoms with Gasteiger partial charge >= 0.3 is 6.18 Å². The van der Waals surface area contributed by atoms with Gasteiger partial charge in [-0.2, -0.15) is 18.3 Å². The van der Waals surface area contributed by atoms with Gasteiger partial charge in [0.25, 0.3) is 0 Å². The number of rotatable bonds is 4. The van der Waals surface area contributed by atoms with E-state index in [2.05, 4.69) is 5.10 Å². The van der Waals surface area contributed by atoms with Gasteiger partial charge in [0, 0.05) is 0 Å². The third-order valence-corrected chi connectivity index (χ3v) is 3.94. The van der Waals surface area contributed by atoms with Crippen LogP contribution < -0.4 is 4.74 Å². The zero-order valence-electron chi connectivity index (χ0n) is 12.0. The molecule has 3 rings (SSSR count). The number of hydrogen-bond donors (Lipinski definition) is 0. The van der Waals surface area contributed by atoms with Gasteiger partial charge in [-0.1, -0.05) is 25.0 Å². The average Bonchev–Trinajstić information content (AvgIpc) is 3.15. The highest BCUT2D eigenvalue weighted by Gasteiger charge is 2.30. The van der Waals surface area contributed by atoms with Crippen LogP contribution in [0.25, 0.3) is 0 Å². The SMILES string of the molecule is FC(F)(F)c1cccc(COc2cnn(C3CCCC3)c2)c1. The van der Waals surface area contributed by atoms with Gasteiger partial charge < -0.3 is 4.74 Å². The molecular weight excluding hydrogens is 293 g/mol. The number of ether oxygens (including phenoxy) is 1. The zero-order valence-corrected chi connectivity index (χ0v) is 12.0. The molecule has 0 saturated heterocycles. The standard InChI is InChI=1S/C16H17F3N2O/c17-16(18,19)13-5-3-4-12(8-13)11-22-15-9-20-21(10-15)14-6-1-2-7-14/h3-5,8-10,14H,1-2,6-7,11H2. The van der Waals surface area contributed by atoms with Crippen molar-refractivity contribution in [2.24, 2.45) is 0 Å². The van der Waals surface area contributed by atoms with Crippen LogP contribution in [0.4, 0.5) is 13.2 Å². The molecule has 0 radical (unpaired) electrons. The molecule has 1 aliphatic carbocycles. The molecule has 22 heavy (non-hydrogen) atoms. The largest absolute Gasteiger partial charge is 0.486 e. The van der Waals surface area contributed by atoms with Crippen LogP contribution >= 0.6 is 0 Å². The van der Waals surface area contributed by atoms with Crippen molar-refractivity contribution in [3.05, 3.63) is 47.8 Å². The molecule has 1 heterocycles. The van der Waals surface area contributed by atoms with Crippen molar-refractivity contribution in [3.63, 3.8) is 0 Å². The second kappa shape index (κ2) is 6.02. The number of halogens is 3. The summed E-state index contributed by atoms with van der Waals surface area (Å²) in [5, 5.41) is 4.28. The van der Waals surface area contributed by atoms with Crippen molar-refractivity contribution < 1.29 is 17.9 Å². The lowest BCUT2D eigenvalue weighted by molar-refractivity contribution is -0.137. The van der Waals surface area contributed by atoms with Gasteiger partial charge in [0.2, 0.25) is 0 Å². The minimum absolute atomic E-state index is 0.0975. The van der Waals surface area contributed by atoms with Gasteiger partial charge in [-0.25, -0.2) is 0 Å². The Morgan fingerprint density at radius 2 is 2.00 bits per heavy atom. The Balaban J connectivity index is 1.63. The van der Waals surface area contributed by atoms with Crippen molar-refractivity contribution in [1.29, 1.82) is 0 Å². The lowest BCUT2D eigenvalue weighted by Crippen LogP contribution is -2.06. The summed E-state index contributed by atoms with van der Waals surface area (Å²) >= 11 is 0. The highest BCUT2D eigenvalue weighted by molar-refractivity contribution is 5.25. The molecular formula is C16H17F3N2O. The van der Waals surface area contributed by atoms with Crippen molar-refractivity contribution in [3.8, 4) is 5.75 Å². The van der Waals surface area contributed by atoms with E-state index in [0.29, 0.717) is 17.4 Å². The molecule has 1 aromatic carbocycles. The molecule has 3 nitrogen and oxygen atoms in total. The van der Waals surface area contributed by atoms with Gasteiger partial charge in [-0.15, -0.1) is 0 Å². The van der Waals surface area contributed by atoms with E-state index in [-0.39, 0.29) is 6.61 Å². The molecule has 1 fully saturated rings. The summed E-state index contributed by atoms with van der Waals surface area (Å²) in [6.07, 6.45) is 3.78. The van der Waals surface area contributed by atoms with Gasteiger partial charge in [0.1, 0.15) is 6.61 Å². The molecule has 0 atom stereocenters. The molecule has 0 amide bonds. The van der Waals surface area contributed by atoms with Crippen molar-refractivity contribution in [2.75, 3.05) is 0 Å². The molecule has 1 aliphatic rings. The van der Waals surface area contributed by atoms with E-state index in [9.17, 15) is 13.2 Å². The lowest BCUT2D eigenvalue weighted by atomic mass is 10.1. The number of benzene rings is 1. The predicted molar refractivity (Wildman–Crippen MR) is 75.5 cm³/mol. The third kappa shape index (κ3) is 3.43. The summed E-state index contributed by atoms with van der Waals surface area (Å²) in [6.45, 7) is 0.0975. The summed E-state index contributed by atoms with van der Waals surface area (Å²) in [7, 11) is 0. The van der Waals surface area contributed by atoms with Gasteiger partial charge in [0.15, 0.2) is 5.75 Å². The first-order chi connectivity index (χ1) is 10.5. The van der Waals surface area contributed by atoms with E-state index in [0.717, 1.165) is 25.0 Å². The van der Waals surface area contributed by atoms with Crippen LogP contribution in [0, 0.1) is 0 Å². The molecule has 1 saturated carbocycles. The zero-order chi connectivity index (χ0) is 15.6. The molecule has 1 aromatic heterocycles. The minimum atomic E-state index is -4.33. The molecule has 0 N–H and O–H groups in total. The number of hydrogen-bond acceptors (Lipinski definition) is 2. The van der Waals surface area contributed by atoms with E-state index in [1.54, 1.807) is 12.3 Å². The molecule has 0 spiro atoms. The Labute approximate surface area is 126 Å². The first-order valence-electron chi connectivity index (χ1n) is 7.35. The fourth-order valence-electron chi connectivity index (χ4n) is 2.77. The molecule has 2 aromatic rings. The Morgan fingerprint density at radius 3 is 2.73 bits per heavy atom. The van der Waals surface area contributed by atoms with Crippen molar-refractivity contribution >= 4 is 0 Å². The maximum atomic E-state index is 12.7. The Kier molecular flexibility index (Phi) is 4.09. The average molecular weight is 310 g/mol. The molecule has 118 valence electrons. The van der Waals surface area contributed by atoms with Crippen LogP contribution in [-0.4, -0.2) is 9.78 Å². The Morgan fingerprint density at radius 1 is 1.23 bits per heavy atom. The molecule has 0 aliphatic heterocycles. The molecule has 0 unspecified atom stereocenters. The summed E-state index contributed by atoms with van der Waals surface area (Å²) in [6, 6.07) is 5.61. The van der Waals surface area contributed by atoms with Crippen LogP contribution in [0.1, 0.15) is 42.9 Å². The molecule has 6 heteroatoms. The monoisotopic (exact) mass is 310 g/mol. The number of nitrogens with zero attached hydrogens (tertiary/aromatic N) is 2. The summed E-state index contributed by atoms with van der Waals surface area (Å²) < 4.78 is 45.4. The van der Waals surface area contributed by atoms with E-state index in [4.69, 9.17) is 4.74 Å². The van der Waals surface area contributed by atoms with Gasteiger partial charge in [-0.05, 0) is 30.5 Å². The topological polar surface area (TPSA) is 27.1 Å². The summed E-state index contributed by atoms with van der Waals surface area (Å²) in [5.41, 5.74) is -0.168. The highest BCUT2D eigenvalue weighted by Crippen LogP contribution is 2.31. The molecule has 0 bridgehead atoms. The maximum Gasteiger partial charge on any atom is 0.416 e. The second-order valence-electron chi connectivity index (χ2n) is 5.58. The fraction of sp³-hybridized carbons (Fsp3) is 0.438. The normalized spacial score (nSPS) is 16.1. The maximum absolute atomic E-state index is 12.7. The highest BCUT2D eigenvalue weighted by atomic mass is 19.4. The van der Waals surface area contributed by atoms with Crippen LogP contribution in [0.5, 0.6) is 5.75 Å². The summed E-state index contributed by atoms with van der Waals surface area (Å²) in [4.78, 5) is 0. The van der Waals surface area contributed by atoms with Crippen molar-refractivity contribution in [1.82, 2.24) is 9.78 Å². The van der Waals surface area contributed by atoms with E-state index in [1.807, 2.05) is 10.9 Å².